The summed E-state index contributed by atoms with van der Waals surface area (Å²) in [6, 6.07) is 26.1. The number of carbonyl (C=O) groups excluding carboxylic acids is 1. The molecule has 1 aromatic heterocycles. The van der Waals surface area contributed by atoms with Gasteiger partial charge in [0, 0.05) is 13.0 Å². The SMILES string of the molecule is O=C(O)c1ccc(CNC(=O)c2cc(-c3ccc(F)cc3)cc3onc(Cc4cc5ccccc5cc4F)c23)cc1. The number of carbonyl (C=O) groups is 2. The van der Waals surface area contributed by atoms with Crippen molar-refractivity contribution in [3.63, 3.8) is 0 Å². The molecule has 5 aromatic carbocycles. The van der Waals surface area contributed by atoms with Crippen molar-refractivity contribution in [2.45, 2.75) is 13.0 Å². The third-order valence-corrected chi connectivity index (χ3v) is 6.99. The molecule has 6 nitrogen and oxygen atoms in total. The predicted octanol–water partition coefficient (Wildman–Crippen LogP) is 7.15. The first-order chi connectivity index (χ1) is 19.9. The van der Waals surface area contributed by atoms with Crippen molar-refractivity contribution >= 4 is 33.6 Å². The average molecular weight is 549 g/mol. The summed E-state index contributed by atoms with van der Waals surface area (Å²) in [4.78, 5) is 24.7. The van der Waals surface area contributed by atoms with E-state index in [9.17, 15) is 14.0 Å². The van der Waals surface area contributed by atoms with Gasteiger partial charge in [0.25, 0.3) is 5.91 Å². The second-order valence-electron chi connectivity index (χ2n) is 9.69. The molecule has 0 bridgehead atoms. The van der Waals surface area contributed by atoms with Gasteiger partial charge in [-0.2, -0.15) is 0 Å². The number of benzene rings is 5. The number of fused-ring (bicyclic) bond motifs is 2. The normalized spacial score (nSPS) is 11.2. The first kappa shape index (κ1) is 25.9. The predicted molar refractivity (Wildman–Crippen MR) is 151 cm³/mol. The highest BCUT2D eigenvalue weighted by Crippen LogP contribution is 2.32. The molecule has 0 aliphatic carbocycles. The van der Waals surface area contributed by atoms with Gasteiger partial charge >= 0.3 is 5.97 Å². The van der Waals surface area contributed by atoms with E-state index in [-0.39, 0.29) is 29.9 Å². The van der Waals surface area contributed by atoms with Gasteiger partial charge in [-0.25, -0.2) is 13.6 Å². The average Bonchev–Trinajstić information content (AvgIpc) is 3.39. The summed E-state index contributed by atoms with van der Waals surface area (Å²) in [6.45, 7) is 0.140. The molecule has 0 fully saturated rings. The molecule has 8 heteroatoms. The van der Waals surface area contributed by atoms with Gasteiger partial charge in [0.1, 0.15) is 11.6 Å². The van der Waals surface area contributed by atoms with E-state index in [0.717, 1.165) is 10.8 Å². The number of nitrogens with one attached hydrogen (secondary N) is 1. The van der Waals surface area contributed by atoms with Gasteiger partial charge in [-0.3, -0.25) is 4.79 Å². The molecule has 0 aliphatic rings. The zero-order chi connectivity index (χ0) is 28.5. The van der Waals surface area contributed by atoms with Crippen LogP contribution in [0.5, 0.6) is 0 Å². The van der Waals surface area contributed by atoms with Gasteiger partial charge in [-0.15, -0.1) is 0 Å². The van der Waals surface area contributed by atoms with E-state index in [1.807, 2.05) is 24.3 Å². The fourth-order valence-electron chi connectivity index (χ4n) is 4.86. The monoisotopic (exact) mass is 548 g/mol. The summed E-state index contributed by atoms with van der Waals surface area (Å²) in [6.07, 6.45) is 0.0937. The van der Waals surface area contributed by atoms with E-state index in [4.69, 9.17) is 9.63 Å². The number of rotatable bonds is 7. The lowest BCUT2D eigenvalue weighted by Gasteiger charge is -2.10. The van der Waals surface area contributed by atoms with E-state index in [1.165, 1.54) is 30.3 Å². The number of aromatic carboxylic acids is 1. The van der Waals surface area contributed by atoms with Gasteiger partial charge < -0.3 is 14.9 Å². The largest absolute Gasteiger partial charge is 0.478 e. The van der Waals surface area contributed by atoms with Crippen molar-refractivity contribution in [2.75, 3.05) is 0 Å². The second kappa shape index (κ2) is 10.7. The van der Waals surface area contributed by atoms with Crippen LogP contribution < -0.4 is 5.32 Å². The molecule has 0 atom stereocenters. The highest BCUT2D eigenvalue weighted by Gasteiger charge is 2.21. The van der Waals surface area contributed by atoms with Crippen LogP contribution in [0.2, 0.25) is 0 Å². The lowest BCUT2D eigenvalue weighted by atomic mass is 9.96. The molecule has 1 amide bonds. The minimum absolute atomic E-state index is 0.0937. The number of carboxylic acid groups (broad SMARTS) is 1. The quantitative estimate of drug-likeness (QED) is 0.221. The Morgan fingerprint density at radius 1 is 0.829 bits per heavy atom. The third kappa shape index (κ3) is 5.27. The van der Waals surface area contributed by atoms with Crippen LogP contribution in [0.4, 0.5) is 8.78 Å². The molecule has 0 aliphatic heterocycles. The molecular weight excluding hydrogens is 526 g/mol. The van der Waals surface area contributed by atoms with Crippen LogP contribution in [0.3, 0.4) is 0 Å². The van der Waals surface area contributed by atoms with Crippen LogP contribution in [0, 0.1) is 11.6 Å². The summed E-state index contributed by atoms with van der Waals surface area (Å²) in [5.41, 5.74) is 3.54. The van der Waals surface area contributed by atoms with Gasteiger partial charge in [0.05, 0.1) is 22.2 Å². The summed E-state index contributed by atoms with van der Waals surface area (Å²) < 4.78 is 34.3. The Hall–Kier alpha value is -5.37. The number of hydrogen-bond donors (Lipinski definition) is 2. The van der Waals surface area contributed by atoms with E-state index in [2.05, 4.69) is 10.5 Å². The summed E-state index contributed by atoms with van der Waals surface area (Å²) in [5.74, 6) is -2.24. The number of nitrogens with zero attached hydrogens (tertiary/aromatic N) is 1. The van der Waals surface area contributed by atoms with Crippen LogP contribution >= 0.6 is 0 Å². The van der Waals surface area contributed by atoms with Crippen molar-refractivity contribution in [3.05, 3.63) is 137 Å². The fraction of sp³-hybridized carbons (Fsp3) is 0.0606. The van der Waals surface area contributed by atoms with Gasteiger partial charge in [-0.05, 0) is 81.6 Å². The standard InChI is InChI=1S/C33H22F2N2O4/c34-26-11-9-20(10-12-26)24-14-27(32(38)36-18-19-5-7-21(8-6-19)33(39)40)31-29(37-41-30(31)17-24)16-25-13-22-3-1-2-4-23(22)15-28(25)35/h1-15,17H,16,18H2,(H,36,38)(H,39,40). The van der Waals surface area contributed by atoms with Crippen LogP contribution in [0.25, 0.3) is 32.9 Å². The maximum atomic E-state index is 15.1. The highest BCUT2D eigenvalue weighted by molar-refractivity contribution is 6.08. The Labute approximate surface area is 232 Å². The molecule has 0 spiro atoms. The lowest BCUT2D eigenvalue weighted by Crippen LogP contribution is -2.23. The number of amides is 1. The molecule has 0 unspecified atom stereocenters. The Morgan fingerprint density at radius 3 is 2.24 bits per heavy atom. The minimum Gasteiger partial charge on any atom is -0.478 e. The fourth-order valence-corrected chi connectivity index (χ4v) is 4.86. The molecule has 41 heavy (non-hydrogen) atoms. The van der Waals surface area contributed by atoms with Crippen molar-refractivity contribution in [1.82, 2.24) is 10.5 Å². The number of aromatic nitrogens is 1. The second-order valence-corrected chi connectivity index (χ2v) is 9.69. The van der Waals surface area contributed by atoms with Gasteiger partial charge in [-0.1, -0.05) is 53.7 Å². The Balaban J connectivity index is 1.39. The topological polar surface area (TPSA) is 92.4 Å². The first-order valence-corrected chi connectivity index (χ1v) is 12.8. The van der Waals surface area contributed by atoms with E-state index in [0.29, 0.717) is 38.9 Å². The molecule has 6 aromatic rings. The number of carboxylic acids is 1. The lowest BCUT2D eigenvalue weighted by molar-refractivity contribution is 0.0696. The molecule has 0 radical (unpaired) electrons. The third-order valence-electron chi connectivity index (χ3n) is 6.99. The molecular formula is C33H22F2N2O4. The van der Waals surface area contributed by atoms with Crippen LogP contribution in [-0.4, -0.2) is 22.1 Å². The van der Waals surface area contributed by atoms with Crippen molar-refractivity contribution in [1.29, 1.82) is 0 Å². The highest BCUT2D eigenvalue weighted by atomic mass is 19.1. The minimum atomic E-state index is -1.04. The maximum absolute atomic E-state index is 15.1. The summed E-state index contributed by atoms with van der Waals surface area (Å²) >= 11 is 0. The number of halogens is 2. The van der Waals surface area contributed by atoms with Gasteiger partial charge in [0.15, 0.2) is 5.58 Å². The maximum Gasteiger partial charge on any atom is 0.335 e. The zero-order valence-corrected chi connectivity index (χ0v) is 21.5. The molecule has 0 saturated carbocycles. The van der Waals surface area contributed by atoms with E-state index in [1.54, 1.807) is 42.5 Å². The first-order valence-electron chi connectivity index (χ1n) is 12.8. The molecule has 0 saturated heterocycles. The van der Waals surface area contributed by atoms with Crippen LogP contribution in [-0.2, 0) is 13.0 Å². The molecule has 2 N–H and O–H groups in total. The van der Waals surface area contributed by atoms with Crippen LogP contribution in [0.15, 0.2) is 102 Å². The summed E-state index contributed by atoms with van der Waals surface area (Å²) in [7, 11) is 0. The van der Waals surface area contributed by atoms with E-state index < -0.39 is 17.7 Å². The van der Waals surface area contributed by atoms with Crippen molar-refractivity contribution in [2.24, 2.45) is 0 Å². The smallest absolute Gasteiger partial charge is 0.335 e. The number of hydrogen-bond acceptors (Lipinski definition) is 4. The zero-order valence-electron chi connectivity index (χ0n) is 21.5. The van der Waals surface area contributed by atoms with E-state index >= 15 is 4.39 Å². The Morgan fingerprint density at radius 2 is 1.54 bits per heavy atom. The van der Waals surface area contributed by atoms with Crippen LogP contribution in [0.1, 0.15) is 37.5 Å². The Kier molecular flexibility index (Phi) is 6.73. The van der Waals surface area contributed by atoms with Crippen molar-refractivity contribution < 1.29 is 28.0 Å². The summed E-state index contributed by atoms with van der Waals surface area (Å²) in [5, 5.41) is 18.3. The van der Waals surface area contributed by atoms with Gasteiger partial charge in [0.2, 0.25) is 0 Å². The Bertz CT molecular complexity index is 1930. The molecule has 202 valence electrons. The molecule has 6 rings (SSSR count). The van der Waals surface area contributed by atoms with Crippen molar-refractivity contribution in [3.8, 4) is 11.1 Å². The molecule has 1 heterocycles.